The van der Waals surface area contributed by atoms with E-state index in [4.69, 9.17) is 20.3 Å². The van der Waals surface area contributed by atoms with Gasteiger partial charge >= 0.3 is 5.97 Å². The molecule has 7 nitrogen and oxygen atoms in total. The molecule has 0 heterocycles. The van der Waals surface area contributed by atoms with Crippen molar-refractivity contribution in [1.82, 2.24) is 4.90 Å². The SMILES string of the molecule is CN(C)C(=O)COc1ccc(-c2ccc(N)c(-c3ccccc3)c2-c2ccc(OCC(=O)O)cc2)cc1. The van der Waals surface area contributed by atoms with Crippen molar-refractivity contribution in [3.05, 3.63) is 91.0 Å². The smallest absolute Gasteiger partial charge is 0.341 e. The van der Waals surface area contributed by atoms with Crippen molar-refractivity contribution in [2.45, 2.75) is 0 Å². The molecule has 0 aliphatic carbocycles. The van der Waals surface area contributed by atoms with Gasteiger partial charge in [-0.2, -0.15) is 0 Å². The molecule has 0 fully saturated rings. The number of benzene rings is 4. The monoisotopic (exact) mass is 496 g/mol. The standard InChI is InChI=1S/C30H28N2O5/c1-32(2)27(33)18-36-23-12-8-20(9-13-23)25-16-17-26(31)30(21-6-4-3-5-7-21)29(25)22-10-14-24(15-11-22)37-19-28(34)35/h3-17H,18-19,31H2,1-2H3,(H,34,35). The molecule has 0 bridgehead atoms. The predicted molar refractivity (Wildman–Crippen MR) is 144 cm³/mol. The third-order valence-corrected chi connectivity index (χ3v) is 5.83. The van der Waals surface area contributed by atoms with Crippen LogP contribution in [0.4, 0.5) is 5.69 Å². The molecule has 7 heteroatoms. The van der Waals surface area contributed by atoms with E-state index in [2.05, 4.69) is 0 Å². The molecule has 4 rings (SSSR count). The minimum atomic E-state index is -1.04. The first kappa shape index (κ1) is 25.3. The van der Waals surface area contributed by atoms with Gasteiger partial charge in [0.1, 0.15) is 11.5 Å². The summed E-state index contributed by atoms with van der Waals surface area (Å²) in [5.74, 6) is -0.0916. The molecular formula is C30H28N2O5. The van der Waals surface area contributed by atoms with E-state index in [0.717, 1.165) is 33.4 Å². The van der Waals surface area contributed by atoms with Gasteiger partial charge in [0.25, 0.3) is 5.91 Å². The van der Waals surface area contributed by atoms with Crippen LogP contribution in [0.15, 0.2) is 91.0 Å². The number of amides is 1. The van der Waals surface area contributed by atoms with E-state index >= 15 is 0 Å². The summed E-state index contributed by atoms with van der Waals surface area (Å²) in [6.45, 7) is -0.444. The Morgan fingerprint density at radius 2 is 1.24 bits per heavy atom. The highest BCUT2D eigenvalue weighted by atomic mass is 16.5. The molecule has 0 saturated heterocycles. The Labute approximate surface area is 215 Å². The number of anilines is 1. The maximum absolute atomic E-state index is 11.9. The third-order valence-electron chi connectivity index (χ3n) is 5.83. The van der Waals surface area contributed by atoms with E-state index in [-0.39, 0.29) is 12.5 Å². The topological polar surface area (TPSA) is 102 Å². The quantitative estimate of drug-likeness (QED) is 0.309. The van der Waals surface area contributed by atoms with E-state index in [0.29, 0.717) is 17.2 Å². The lowest BCUT2D eigenvalue weighted by Gasteiger charge is -2.19. The van der Waals surface area contributed by atoms with Crippen LogP contribution in [0.3, 0.4) is 0 Å². The Balaban J connectivity index is 1.77. The second kappa shape index (κ2) is 11.3. The van der Waals surface area contributed by atoms with Crippen LogP contribution in [0.1, 0.15) is 0 Å². The lowest BCUT2D eigenvalue weighted by molar-refractivity contribution is -0.139. The normalized spacial score (nSPS) is 10.5. The van der Waals surface area contributed by atoms with Gasteiger partial charge in [0.05, 0.1) is 0 Å². The molecule has 0 atom stereocenters. The zero-order valence-corrected chi connectivity index (χ0v) is 20.7. The fraction of sp³-hybridized carbons (Fsp3) is 0.133. The van der Waals surface area contributed by atoms with Crippen LogP contribution in [-0.4, -0.2) is 49.2 Å². The van der Waals surface area contributed by atoms with Crippen molar-refractivity contribution < 1.29 is 24.2 Å². The van der Waals surface area contributed by atoms with Crippen LogP contribution >= 0.6 is 0 Å². The molecule has 1 amide bonds. The number of carboxylic acid groups (broad SMARTS) is 1. The van der Waals surface area contributed by atoms with Crippen LogP contribution in [0, 0.1) is 0 Å². The summed E-state index contributed by atoms with van der Waals surface area (Å²) in [5, 5.41) is 8.90. The first-order valence-corrected chi connectivity index (χ1v) is 11.7. The first-order chi connectivity index (χ1) is 17.8. The van der Waals surface area contributed by atoms with E-state index in [9.17, 15) is 9.59 Å². The van der Waals surface area contributed by atoms with Crippen molar-refractivity contribution >= 4 is 17.6 Å². The van der Waals surface area contributed by atoms with Crippen molar-refractivity contribution in [3.63, 3.8) is 0 Å². The Kier molecular flexibility index (Phi) is 7.74. The molecule has 188 valence electrons. The third kappa shape index (κ3) is 6.08. The average molecular weight is 497 g/mol. The first-order valence-electron chi connectivity index (χ1n) is 11.7. The number of aliphatic carboxylic acids is 1. The molecule has 3 N–H and O–H groups in total. The van der Waals surface area contributed by atoms with Crippen molar-refractivity contribution in [1.29, 1.82) is 0 Å². The number of rotatable bonds is 9. The fourth-order valence-electron chi connectivity index (χ4n) is 3.94. The molecule has 4 aromatic carbocycles. The van der Waals surface area contributed by atoms with Crippen LogP contribution in [0.5, 0.6) is 11.5 Å². The number of hydrogen-bond acceptors (Lipinski definition) is 5. The van der Waals surface area contributed by atoms with E-state index in [1.807, 2.05) is 78.9 Å². The lowest BCUT2D eigenvalue weighted by Crippen LogP contribution is -2.27. The Morgan fingerprint density at radius 3 is 1.81 bits per heavy atom. The number of nitrogens with two attached hydrogens (primary N) is 1. The summed E-state index contributed by atoms with van der Waals surface area (Å²) in [6, 6.07) is 28.7. The fourth-order valence-corrected chi connectivity index (χ4v) is 3.94. The molecule has 37 heavy (non-hydrogen) atoms. The van der Waals surface area contributed by atoms with Gasteiger partial charge < -0.3 is 25.2 Å². The molecule has 0 aliphatic heterocycles. The highest BCUT2D eigenvalue weighted by molar-refractivity contribution is 5.99. The Bertz CT molecular complexity index is 1380. The number of carbonyl (C=O) groups excluding carboxylic acids is 1. The Morgan fingerprint density at radius 1 is 0.703 bits per heavy atom. The van der Waals surface area contributed by atoms with E-state index in [1.165, 1.54) is 4.90 Å². The highest BCUT2D eigenvalue weighted by Gasteiger charge is 2.17. The van der Waals surface area contributed by atoms with E-state index < -0.39 is 12.6 Å². The molecule has 0 aliphatic rings. The maximum Gasteiger partial charge on any atom is 0.341 e. The number of carboxylic acids is 1. The lowest BCUT2D eigenvalue weighted by atomic mass is 9.86. The summed E-state index contributed by atoms with van der Waals surface area (Å²) >= 11 is 0. The second-order valence-corrected chi connectivity index (χ2v) is 8.63. The average Bonchev–Trinajstić information content (AvgIpc) is 2.91. The molecule has 0 saturated carbocycles. The van der Waals surface area contributed by atoms with Crippen molar-refractivity contribution in [3.8, 4) is 44.9 Å². The molecular weight excluding hydrogens is 468 g/mol. The van der Waals surface area contributed by atoms with Crippen LogP contribution in [-0.2, 0) is 9.59 Å². The summed E-state index contributed by atoms with van der Waals surface area (Å²) in [4.78, 5) is 24.2. The van der Waals surface area contributed by atoms with Gasteiger partial charge in [0.2, 0.25) is 0 Å². The van der Waals surface area contributed by atoms with Crippen LogP contribution in [0.2, 0.25) is 0 Å². The predicted octanol–water partition coefficient (Wildman–Crippen LogP) is 5.20. The van der Waals surface area contributed by atoms with Crippen LogP contribution < -0.4 is 15.2 Å². The summed E-state index contributed by atoms with van der Waals surface area (Å²) < 4.78 is 10.9. The van der Waals surface area contributed by atoms with Gasteiger partial charge in [0.15, 0.2) is 13.2 Å². The number of carbonyl (C=O) groups is 2. The summed E-state index contributed by atoms with van der Waals surface area (Å²) in [6.07, 6.45) is 0. The van der Waals surface area contributed by atoms with Crippen molar-refractivity contribution in [2.24, 2.45) is 0 Å². The molecule has 0 radical (unpaired) electrons. The maximum atomic E-state index is 11.9. The number of nitrogen functional groups attached to an aromatic ring is 1. The van der Waals surface area contributed by atoms with Crippen molar-refractivity contribution in [2.75, 3.05) is 33.0 Å². The van der Waals surface area contributed by atoms with Gasteiger partial charge in [-0.3, -0.25) is 4.79 Å². The van der Waals surface area contributed by atoms with Gasteiger partial charge in [0, 0.05) is 25.3 Å². The molecule has 0 unspecified atom stereocenters. The minimum Gasteiger partial charge on any atom is -0.484 e. The summed E-state index contributed by atoms with van der Waals surface area (Å²) in [5.41, 5.74) is 12.8. The zero-order chi connectivity index (χ0) is 26.4. The second-order valence-electron chi connectivity index (χ2n) is 8.63. The van der Waals surface area contributed by atoms with Gasteiger partial charge in [-0.1, -0.05) is 60.7 Å². The number of hydrogen-bond donors (Lipinski definition) is 2. The molecule has 4 aromatic rings. The largest absolute Gasteiger partial charge is 0.484 e. The number of nitrogens with zero attached hydrogens (tertiary/aromatic N) is 1. The number of ether oxygens (including phenoxy) is 2. The molecule has 0 spiro atoms. The van der Waals surface area contributed by atoms with Gasteiger partial charge in [-0.25, -0.2) is 4.79 Å². The van der Waals surface area contributed by atoms with Gasteiger partial charge in [-0.15, -0.1) is 0 Å². The minimum absolute atomic E-state index is 0.0338. The van der Waals surface area contributed by atoms with Gasteiger partial charge in [-0.05, 0) is 58.1 Å². The number of likely N-dealkylation sites (N-methyl/N-ethyl adjacent to an activating group) is 1. The highest BCUT2D eigenvalue weighted by Crippen LogP contribution is 2.43. The zero-order valence-electron chi connectivity index (χ0n) is 20.7. The van der Waals surface area contributed by atoms with Crippen LogP contribution in [0.25, 0.3) is 33.4 Å². The molecule has 0 aromatic heterocycles. The Hall–Kier alpha value is -4.78. The van der Waals surface area contributed by atoms with E-state index in [1.54, 1.807) is 26.2 Å². The summed E-state index contributed by atoms with van der Waals surface area (Å²) in [7, 11) is 3.37.